The highest BCUT2D eigenvalue weighted by atomic mass is 32.2. The maximum Gasteiger partial charge on any atom is 0.306 e. The highest BCUT2D eigenvalue weighted by Gasteiger charge is 2.25. The van der Waals surface area contributed by atoms with E-state index in [2.05, 4.69) is 19.8 Å². The fourth-order valence-electron chi connectivity index (χ4n) is 4.75. The second-order valence-electron chi connectivity index (χ2n) is 9.18. The predicted molar refractivity (Wildman–Crippen MR) is 145 cm³/mol. The van der Waals surface area contributed by atoms with Crippen molar-refractivity contribution < 1.29 is 22.0 Å². The van der Waals surface area contributed by atoms with Gasteiger partial charge in [0.05, 0.1) is 22.2 Å². The number of aryl methyl sites for hydroxylation is 1. The number of halogens is 2. The summed E-state index contributed by atoms with van der Waals surface area (Å²) in [5.74, 6) is -2.77. The van der Waals surface area contributed by atoms with Gasteiger partial charge >= 0.3 is 4.87 Å². The second-order valence-corrected chi connectivity index (χ2v) is 11.9. The van der Waals surface area contributed by atoms with Gasteiger partial charge in [0, 0.05) is 42.0 Å². The Hall–Kier alpha value is -4.17. The summed E-state index contributed by atoms with van der Waals surface area (Å²) in [6, 6.07) is 10.0. The number of thiazole rings is 1. The van der Waals surface area contributed by atoms with Crippen LogP contribution in [0, 0.1) is 11.6 Å². The number of aromatic amines is 1. The Morgan fingerprint density at radius 3 is 2.56 bits per heavy atom. The number of H-pyrrole nitrogens is 1. The van der Waals surface area contributed by atoms with Crippen LogP contribution >= 0.6 is 11.3 Å². The Labute approximate surface area is 224 Å². The molecule has 0 aliphatic carbocycles. The molecule has 1 atom stereocenters. The molecule has 0 radical (unpaired) electrons. The molecule has 3 aromatic heterocycles. The summed E-state index contributed by atoms with van der Waals surface area (Å²) in [5, 5.41) is 4.84. The van der Waals surface area contributed by atoms with Gasteiger partial charge in [-0.15, -0.1) is 0 Å². The van der Waals surface area contributed by atoms with Crippen LogP contribution in [0.1, 0.15) is 23.6 Å². The van der Waals surface area contributed by atoms with Crippen molar-refractivity contribution in [3.05, 3.63) is 75.0 Å². The van der Waals surface area contributed by atoms with Crippen molar-refractivity contribution in [3.63, 3.8) is 0 Å². The minimum atomic E-state index is -3.62. The topological polar surface area (TPSA) is 153 Å². The molecule has 0 unspecified atom stereocenters. The molecule has 0 aliphatic rings. The molecule has 14 heteroatoms. The van der Waals surface area contributed by atoms with Crippen molar-refractivity contribution in [2.45, 2.75) is 18.8 Å². The molecule has 0 aliphatic heterocycles. The number of sulfonamides is 1. The van der Waals surface area contributed by atoms with Crippen molar-refractivity contribution >= 4 is 54.3 Å². The van der Waals surface area contributed by atoms with Gasteiger partial charge in [-0.2, -0.15) is 5.10 Å². The van der Waals surface area contributed by atoms with Crippen LogP contribution in [0.5, 0.6) is 0 Å². The molecular weight excluding hydrogens is 550 g/mol. The van der Waals surface area contributed by atoms with E-state index in [1.165, 1.54) is 16.8 Å². The van der Waals surface area contributed by atoms with E-state index in [0.717, 1.165) is 23.7 Å². The maximum absolute atomic E-state index is 14.0. The molecule has 202 valence electrons. The lowest BCUT2D eigenvalue weighted by Gasteiger charge is -2.20. The highest BCUT2D eigenvalue weighted by molar-refractivity contribution is 7.92. The van der Waals surface area contributed by atoms with Crippen LogP contribution in [-0.4, -0.2) is 40.3 Å². The van der Waals surface area contributed by atoms with Crippen LogP contribution < -0.4 is 15.3 Å². The summed E-state index contributed by atoms with van der Waals surface area (Å²) in [5.41, 5.74) is 8.21. The summed E-state index contributed by atoms with van der Waals surface area (Å²) in [6.45, 7) is 0. The third kappa shape index (κ3) is 5.52. The zero-order chi connectivity index (χ0) is 28.1. The van der Waals surface area contributed by atoms with Crippen LogP contribution in [0.2, 0.25) is 0 Å². The van der Waals surface area contributed by atoms with Gasteiger partial charge in [0.2, 0.25) is 15.9 Å². The van der Waals surface area contributed by atoms with E-state index in [1.807, 2.05) is 0 Å². The molecule has 5 rings (SSSR count). The number of rotatable bonds is 8. The first-order chi connectivity index (χ1) is 18.4. The van der Waals surface area contributed by atoms with Crippen LogP contribution in [-0.2, 0) is 28.3 Å². The lowest BCUT2D eigenvalue weighted by molar-refractivity contribution is -0.118. The molecule has 10 nitrogen and oxygen atoms in total. The number of pyridine rings is 1. The molecule has 0 saturated heterocycles. The monoisotopic (exact) mass is 572 g/mol. The largest absolute Gasteiger partial charge is 0.370 e. The fraction of sp³-hybridized carbons (Fsp3) is 0.200. The molecule has 3 heterocycles. The van der Waals surface area contributed by atoms with E-state index in [9.17, 15) is 26.8 Å². The third-order valence-corrected chi connectivity index (χ3v) is 7.50. The summed E-state index contributed by atoms with van der Waals surface area (Å²) >= 11 is 0.947. The summed E-state index contributed by atoms with van der Waals surface area (Å²) in [4.78, 5) is 31.3. The van der Waals surface area contributed by atoms with E-state index in [-0.39, 0.29) is 23.5 Å². The number of primary amides is 1. The number of amides is 1. The Kier molecular flexibility index (Phi) is 6.68. The molecule has 2 aromatic carbocycles. The summed E-state index contributed by atoms with van der Waals surface area (Å²) in [6.07, 6.45) is 0.852. The molecule has 0 fully saturated rings. The van der Waals surface area contributed by atoms with E-state index in [0.29, 0.717) is 43.6 Å². The van der Waals surface area contributed by atoms with Gasteiger partial charge < -0.3 is 5.73 Å². The third-order valence-electron chi connectivity index (χ3n) is 6.12. The number of fused-ring (bicyclic) bond motifs is 2. The number of anilines is 1. The summed E-state index contributed by atoms with van der Waals surface area (Å²) < 4.78 is 56.3. The number of hydrogen-bond acceptors (Lipinski definition) is 7. The highest BCUT2D eigenvalue weighted by Crippen LogP contribution is 2.39. The van der Waals surface area contributed by atoms with Crippen molar-refractivity contribution in [2.75, 3.05) is 11.0 Å². The van der Waals surface area contributed by atoms with Crippen LogP contribution in [0.25, 0.3) is 32.4 Å². The van der Waals surface area contributed by atoms with Crippen LogP contribution in [0.4, 0.5) is 14.6 Å². The van der Waals surface area contributed by atoms with Crippen LogP contribution in [0.3, 0.4) is 0 Å². The molecule has 0 saturated carbocycles. The van der Waals surface area contributed by atoms with Gasteiger partial charge in [-0.3, -0.25) is 24.0 Å². The average molecular weight is 573 g/mol. The fourth-order valence-corrected chi connectivity index (χ4v) is 5.97. The minimum absolute atomic E-state index is 0.0275. The van der Waals surface area contributed by atoms with Gasteiger partial charge in [0.15, 0.2) is 11.5 Å². The smallest absolute Gasteiger partial charge is 0.306 e. The van der Waals surface area contributed by atoms with Gasteiger partial charge in [0.1, 0.15) is 11.6 Å². The number of carbonyl (C=O) groups is 1. The van der Waals surface area contributed by atoms with Crippen LogP contribution in [0.15, 0.2) is 47.3 Å². The van der Waals surface area contributed by atoms with Gasteiger partial charge in [-0.25, -0.2) is 22.2 Å². The number of benzene rings is 2. The second kappa shape index (κ2) is 9.85. The van der Waals surface area contributed by atoms with E-state index < -0.39 is 33.5 Å². The first kappa shape index (κ1) is 26.4. The SMILES string of the molecule is Cn1nc(NS(C)(=O)=O)c2cccc(-c3cc4sc(=O)[nH]c4nc3[C@H](CC(N)=O)Cc3cc(F)cc(F)c3)c21. The standard InChI is InChI=1S/C25H22F2N6O4S2/c1-33-22-16(4-3-5-17(22)23(31-33)32-39(2,36)37)18-11-19-24(30-25(35)38-19)29-21(18)13(9-20(28)34)6-12-7-14(26)10-15(27)8-12/h3-5,7-8,10-11,13H,6,9H2,1-2H3,(H2,28,34)(H,31,32)(H,29,30,35)/t13-/m0/s1. The molecule has 0 spiro atoms. The number of nitrogens with two attached hydrogens (primary N) is 1. The summed E-state index contributed by atoms with van der Waals surface area (Å²) in [7, 11) is -1.97. The zero-order valence-corrected chi connectivity index (χ0v) is 22.3. The lowest BCUT2D eigenvalue weighted by Crippen LogP contribution is -2.18. The van der Waals surface area contributed by atoms with Crippen molar-refractivity contribution in [1.82, 2.24) is 19.7 Å². The maximum atomic E-state index is 14.0. The first-order valence-corrected chi connectivity index (χ1v) is 14.3. The molecule has 39 heavy (non-hydrogen) atoms. The number of nitrogens with zero attached hydrogens (tertiary/aromatic N) is 3. The number of carbonyl (C=O) groups excluding carboxylic acids is 1. The molecular formula is C25H22F2N6O4S2. The van der Waals surface area contributed by atoms with Gasteiger partial charge in [-0.1, -0.05) is 23.5 Å². The number of nitrogens with one attached hydrogen (secondary N) is 2. The quantitative estimate of drug-likeness (QED) is 0.259. The van der Waals surface area contributed by atoms with Crippen molar-refractivity contribution in [2.24, 2.45) is 12.8 Å². The van der Waals surface area contributed by atoms with Gasteiger partial charge in [0.25, 0.3) is 0 Å². The van der Waals surface area contributed by atoms with Gasteiger partial charge in [-0.05, 0) is 36.2 Å². The first-order valence-electron chi connectivity index (χ1n) is 11.6. The molecule has 1 amide bonds. The Morgan fingerprint density at radius 1 is 1.18 bits per heavy atom. The van der Waals surface area contributed by atoms with Crippen molar-refractivity contribution in [3.8, 4) is 11.1 Å². The number of aromatic nitrogens is 4. The number of hydrogen-bond donors (Lipinski definition) is 3. The Bertz CT molecular complexity index is 1910. The van der Waals surface area contributed by atoms with E-state index in [1.54, 1.807) is 31.3 Å². The molecule has 4 N–H and O–H groups in total. The average Bonchev–Trinajstić information content (AvgIpc) is 3.33. The number of para-hydroxylation sites is 1. The van der Waals surface area contributed by atoms with E-state index in [4.69, 9.17) is 5.73 Å². The predicted octanol–water partition coefficient (Wildman–Crippen LogP) is 3.39. The van der Waals surface area contributed by atoms with E-state index >= 15 is 0 Å². The Balaban J connectivity index is 1.77. The molecule has 5 aromatic rings. The Morgan fingerprint density at radius 2 is 1.90 bits per heavy atom. The van der Waals surface area contributed by atoms with Crippen molar-refractivity contribution in [1.29, 1.82) is 0 Å². The molecule has 0 bridgehead atoms. The normalized spacial score (nSPS) is 12.7. The minimum Gasteiger partial charge on any atom is -0.370 e. The zero-order valence-electron chi connectivity index (χ0n) is 20.7. The lowest BCUT2D eigenvalue weighted by atomic mass is 9.87.